The molecular formula is C15H19N3O. The van der Waals surface area contributed by atoms with Gasteiger partial charge >= 0.3 is 0 Å². The number of rotatable bonds is 2. The summed E-state index contributed by atoms with van der Waals surface area (Å²) >= 11 is 0. The van der Waals surface area contributed by atoms with Gasteiger partial charge < -0.3 is 11.1 Å². The SMILES string of the molecule is CC(C)(C)NC(=O)Cc1ccc2cc(N)ccc2n1. The molecule has 2 rings (SSSR count). The van der Waals surface area contributed by atoms with Crippen molar-refractivity contribution in [3.8, 4) is 0 Å². The molecule has 1 aromatic carbocycles. The number of anilines is 1. The molecule has 1 heterocycles. The van der Waals surface area contributed by atoms with E-state index in [4.69, 9.17) is 5.73 Å². The predicted octanol–water partition coefficient (Wildman–Crippen LogP) is 2.27. The molecule has 19 heavy (non-hydrogen) atoms. The molecule has 0 spiro atoms. The third-order valence-electron chi connectivity index (χ3n) is 2.63. The van der Waals surface area contributed by atoms with Crippen LogP contribution in [0.2, 0.25) is 0 Å². The Kier molecular flexibility index (Phi) is 3.42. The Balaban J connectivity index is 2.18. The van der Waals surface area contributed by atoms with Crippen LogP contribution in [-0.2, 0) is 11.2 Å². The maximum atomic E-state index is 11.8. The lowest BCUT2D eigenvalue weighted by Crippen LogP contribution is -2.41. The number of benzene rings is 1. The number of aromatic nitrogens is 1. The lowest BCUT2D eigenvalue weighted by Gasteiger charge is -2.20. The minimum absolute atomic E-state index is 0.0187. The second-order valence-corrected chi connectivity index (χ2v) is 5.73. The van der Waals surface area contributed by atoms with Gasteiger partial charge in [0.2, 0.25) is 5.91 Å². The number of hydrogen-bond acceptors (Lipinski definition) is 3. The Morgan fingerprint density at radius 2 is 2.00 bits per heavy atom. The number of carbonyl (C=O) groups is 1. The molecule has 0 aliphatic rings. The highest BCUT2D eigenvalue weighted by Gasteiger charge is 2.14. The summed E-state index contributed by atoms with van der Waals surface area (Å²) in [5.41, 5.74) is 7.84. The summed E-state index contributed by atoms with van der Waals surface area (Å²) in [6.45, 7) is 5.88. The number of pyridine rings is 1. The Morgan fingerprint density at radius 3 is 2.68 bits per heavy atom. The summed E-state index contributed by atoms with van der Waals surface area (Å²) in [6, 6.07) is 9.37. The molecule has 100 valence electrons. The molecule has 0 saturated heterocycles. The minimum Gasteiger partial charge on any atom is -0.399 e. The van der Waals surface area contributed by atoms with E-state index in [-0.39, 0.29) is 17.9 Å². The van der Waals surface area contributed by atoms with E-state index in [0.29, 0.717) is 5.69 Å². The molecular weight excluding hydrogens is 238 g/mol. The molecule has 4 nitrogen and oxygen atoms in total. The molecule has 0 saturated carbocycles. The van der Waals surface area contributed by atoms with Crippen LogP contribution in [0.25, 0.3) is 10.9 Å². The van der Waals surface area contributed by atoms with Crippen molar-refractivity contribution in [2.45, 2.75) is 32.7 Å². The highest BCUT2D eigenvalue weighted by Crippen LogP contribution is 2.16. The van der Waals surface area contributed by atoms with E-state index in [2.05, 4.69) is 10.3 Å². The minimum atomic E-state index is -0.220. The van der Waals surface area contributed by atoms with Crippen molar-refractivity contribution < 1.29 is 4.79 Å². The molecule has 1 amide bonds. The first-order valence-electron chi connectivity index (χ1n) is 6.30. The topological polar surface area (TPSA) is 68.0 Å². The normalized spacial score (nSPS) is 11.5. The molecule has 4 heteroatoms. The van der Waals surface area contributed by atoms with Gasteiger partial charge in [-0.25, -0.2) is 0 Å². The Labute approximate surface area is 113 Å². The first-order valence-corrected chi connectivity index (χ1v) is 6.30. The third-order valence-corrected chi connectivity index (χ3v) is 2.63. The van der Waals surface area contributed by atoms with Crippen LogP contribution in [-0.4, -0.2) is 16.4 Å². The van der Waals surface area contributed by atoms with E-state index < -0.39 is 0 Å². The van der Waals surface area contributed by atoms with Gasteiger partial charge in [0.05, 0.1) is 17.6 Å². The first kappa shape index (κ1) is 13.3. The number of fused-ring (bicyclic) bond motifs is 1. The Morgan fingerprint density at radius 1 is 1.26 bits per heavy atom. The summed E-state index contributed by atoms with van der Waals surface area (Å²) in [5.74, 6) is -0.0187. The highest BCUT2D eigenvalue weighted by molar-refractivity contribution is 5.83. The molecule has 2 aromatic rings. The van der Waals surface area contributed by atoms with Gasteiger partial charge in [-0.3, -0.25) is 9.78 Å². The summed E-state index contributed by atoms with van der Waals surface area (Å²) < 4.78 is 0. The van der Waals surface area contributed by atoms with Crippen molar-refractivity contribution in [2.24, 2.45) is 0 Å². The summed E-state index contributed by atoms with van der Waals surface area (Å²) in [6.07, 6.45) is 0.289. The van der Waals surface area contributed by atoms with Gasteiger partial charge in [-0.05, 0) is 45.0 Å². The smallest absolute Gasteiger partial charge is 0.226 e. The van der Waals surface area contributed by atoms with Crippen LogP contribution >= 0.6 is 0 Å². The standard InChI is InChI=1S/C15H19N3O/c1-15(2,3)18-14(19)9-12-6-4-10-8-11(16)5-7-13(10)17-12/h4-8H,9,16H2,1-3H3,(H,18,19). The van der Waals surface area contributed by atoms with Gasteiger partial charge in [-0.1, -0.05) is 6.07 Å². The van der Waals surface area contributed by atoms with Crippen molar-refractivity contribution in [2.75, 3.05) is 5.73 Å². The average molecular weight is 257 g/mol. The average Bonchev–Trinajstić information content (AvgIpc) is 2.26. The maximum absolute atomic E-state index is 11.8. The summed E-state index contributed by atoms with van der Waals surface area (Å²) in [7, 11) is 0. The third kappa shape index (κ3) is 3.68. The second-order valence-electron chi connectivity index (χ2n) is 5.73. The number of carbonyl (C=O) groups excluding carboxylic acids is 1. The van der Waals surface area contributed by atoms with Crippen molar-refractivity contribution in [3.05, 3.63) is 36.0 Å². The van der Waals surface area contributed by atoms with Crippen molar-refractivity contribution in [3.63, 3.8) is 0 Å². The number of nitrogens with two attached hydrogens (primary N) is 1. The Hall–Kier alpha value is -2.10. The fourth-order valence-electron chi connectivity index (χ4n) is 1.91. The number of amides is 1. The van der Waals surface area contributed by atoms with Crippen LogP contribution in [0, 0.1) is 0 Å². The molecule has 1 aromatic heterocycles. The molecule has 0 aliphatic heterocycles. The summed E-state index contributed by atoms with van der Waals surface area (Å²) in [5, 5.41) is 3.91. The van der Waals surface area contributed by atoms with Gasteiger partial charge in [0.15, 0.2) is 0 Å². The van der Waals surface area contributed by atoms with Crippen LogP contribution in [0.4, 0.5) is 5.69 Å². The number of hydrogen-bond donors (Lipinski definition) is 2. The monoisotopic (exact) mass is 257 g/mol. The molecule has 0 radical (unpaired) electrons. The zero-order valence-electron chi connectivity index (χ0n) is 11.5. The highest BCUT2D eigenvalue weighted by atomic mass is 16.1. The molecule has 3 N–H and O–H groups in total. The lowest BCUT2D eigenvalue weighted by atomic mass is 10.1. The van der Waals surface area contributed by atoms with E-state index >= 15 is 0 Å². The van der Waals surface area contributed by atoms with Crippen LogP contribution in [0.1, 0.15) is 26.5 Å². The Bertz CT molecular complexity index is 614. The largest absolute Gasteiger partial charge is 0.399 e. The van der Waals surface area contributed by atoms with Crippen molar-refractivity contribution in [1.82, 2.24) is 10.3 Å². The van der Waals surface area contributed by atoms with Gasteiger partial charge in [0.25, 0.3) is 0 Å². The van der Waals surface area contributed by atoms with Gasteiger partial charge in [-0.2, -0.15) is 0 Å². The lowest BCUT2D eigenvalue weighted by molar-refractivity contribution is -0.121. The second kappa shape index (κ2) is 4.88. The summed E-state index contributed by atoms with van der Waals surface area (Å²) in [4.78, 5) is 16.3. The molecule has 0 atom stereocenters. The van der Waals surface area contributed by atoms with Crippen LogP contribution in [0.5, 0.6) is 0 Å². The fourth-order valence-corrected chi connectivity index (χ4v) is 1.91. The van der Waals surface area contributed by atoms with E-state index in [1.807, 2.05) is 51.1 Å². The number of nitrogens with zero attached hydrogens (tertiary/aromatic N) is 1. The fraction of sp³-hybridized carbons (Fsp3) is 0.333. The van der Waals surface area contributed by atoms with E-state index in [1.165, 1.54) is 0 Å². The molecule has 0 unspecified atom stereocenters. The molecule has 0 fully saturated rings. The predicted molar refractivity (Wildman–Crippen MR) is 77.8 cm³/mol. The van der Waals surface area contributed by atoms with Gasteiger partial charge in [0.1, 0.15) is 0 Å². The van der Waals surface area contributed by atoms with Crippen molar-refractivity contribution >= 4 is 22.5 Å². The van der Waals surface area contributed by atoms with E-state index in [9.17, 15) is 4.79 Å². The van der Waals surface area contributed by atoms with E-state index in [0.717, 1.165) is 16.6 Å². The van der Waals surface area contributed by atoms with Crippen LogP contribution < -0.4 is 11.1 Å². The molecule has 0 bridgehead atoms. The van der Waals surface area contributed by atoms with Crippen molar-refractivity contribution in [1.29, 1.82) is 0 Å². The van der Waals surface area contributed by atoms with E-state index in [1.54, 1.807) is 0 Å². The zero-order chi connectivity index (χ0) is 14.0. The maximum Gasteiger partial charge on any atom is 0.226 e. The van der Waals surface area contributed by atoms with Gasteiger partial charge in [0, 0.05) is 16.6 Å². The van der Waals surface area contributed by atoms with Gasteiger partial charge in [-0.15, -0.1) is 0 Å². The first-order chi connectivity index (χ1) is 8.83. The van der Waals surface area contributed by atoms with Crippen LogP contribution in [0.15, 0.2) is 30.3 Å². The van der Waals surface area contributed by atoms with Crippen LogP contribution in [0.3, 0.4) is 0 Å². The molecule has 0 aliphatic carbocycles. The zero-order valence-corrected chi connectivity index (χ0v) is 11.5. The number of nitrogen functional groups attached to an aromatic ring is 1. The number of nitrogens with one attached hydrogen (secondary N) is 1. The quantitative estimate of drug-likeness (QED) is 0.811.